The number of aliphatic hydroxyl groups is 1. The fraction of sp³-hybridized carbons (Fsp3) is 0.935. The molecule has 0 radical (unpaired) electrons. The quantitative estimate of drug-likeness (QED) is 0.0867. The van der Waals surface area contributed by atoms with E-state index in [9.17, 15) is 5.11 Å². The van der Waals surface area contributed by atoms with Crippen LogP contribution in [0.5, 0.6) is 0 Å². The fourth-order valence-electron chi connectivity index (χ4n) is 4.83. The zero-order valence-corrected chi connectivity index (χ0v) is 29.4. The van der Waals surface area contributed by atoms with Crippen molar-refractivity contribution in [3.8, 4) is 0 Å². The second-order valence-electron chi connectivity index (χ2n) is 14.4. The molecule has 38 heavy (non-hydrogen) atoms. The van der Waals surface area contributed by atoms with Crippen LogP contribution in [0.2, 0.25) is 36.3 Å². The molecule has 6 atom stereocenters. The van der Waals surface area contributed by atoms with E-state index in [-0.39, 0.29) is 53.1 Å². The molecule has 5 nitrogen and oxygen atoms in total. The van der Waals surface area contributed by atoms with E-state index in [2.05, 4.69) is 86.8 Å². The third kappa shape index (κ3) is 10.8. The van der Waals surface area contributed by atoms with E-state index in [1.807, 2.05) is 13.8 Å². The van der Waals surface area contributed by atoms with Gasteiger partial charge in [0.1, 0.15) is 0 Å². The first-order chi connectivity index (χ1) is 17.4. The lowest BCUT2D eigenvalue weighted by Gasteiger charge is -2.40. The van der Waals surface area contributed by atoms with Crippen LogP contribution in [0.4, 0.5) is 0 Å². The maximum Gasteiger partial charge on any atom is 0.192 e. The summed E-state index contributed by atoms with van der Waals surface area (Å²) in [4.78, 5) is 0. The molecule has 0 aliphatic heterocycles. The van der Waals surface area contributed by atoms with E-state index in [4.69, 9.17) is 18.3 Å². The van der Waals surface area contributed by atoms with E-state index in [1.165, 1.54) is 12.8 Å². The van der Waals surface area contributed by atoms with E-state index in [0.29, 0.717) is 6.61 Å². The van der Waals surface area contributed by atoms with Gasteiger partial charge >= 0.3 is 0 Å². The van der Waals surface area contributed by atoms with Gasteiger partial charge in [-0.1, -0.05) is 79.9 Å². The summed E-state index contributed by atoms with van der Waals surface area (Å²) in [5.41, 5.74) is 0. The van der Waals surface area contributed by atoms with Crippen LogP contribution in [-0.4, -0.2) is 59.6 Å². The van der Waals surface area contributed by atoms with Gasteiger partial charge in [-0.05, 0) is 75.3 Å². The molecule has 1 aliphatic carbocycles. The number of hydrogen-bond donors (Lipinski definition) is 1. The molecule has 1 saturated carbocycles. The molecule has 1 unspecified atom stereocenters. The molecule has 1 N–H and O–H groups in total. The predicted molar refractivity (Wildman–Crippen MR) is 167 cm³/mol. The lowest BCUT2D eigenvalue weighted by molar-refractivity contribution is -0.147. The summed E-state index contributed by atoms with van der Waals surface area (Å²) < 4.78 is 26.2. The SMILES string of the molecule is CCCCC[C@H](/C=C/[C@@H]1[C@H](CCO)[C@@H](O[Si](C)(C)C(C)(C)C)C[C@H]1O[Si](C)(C)C(C)(C)C)OC(C)OCC. The second kappa shape index (κ2) is 15.3. The van der Waals surface area contributed by atoms with E-state index >= 15 is 0 Å². The van der Waals surface area contributed by atoms with Gasteiger partial charge in [0.2, 0.25) is 0 Å². The molecule has 0 spiro atoms. The predicted octanol–water partition coefficient (Wildman–Crippen LogP) is 8.69. The van der Waals surface area contributed by atoms with Crippen molar-refractivity contribution >= 4 is 16.6 Å². The Hall–Kier alpha value is -0.0262. The minimum absolute atomic E-state index is 0.00626. The van der Waals surface area contributed by atoms with Crippen molar-refractivity contribution in [1.29, 1.82) is 0 Å². The lowest BCUT2D eigenvalue weighted by Crippen LogP contribution is -2.45. The highest BCUT2D eigenvalue weighted by atomic mass is 28.4. The number of hydrogen-bond acceptors (Lipinski definition) is 5. The van der Waals surface area contributed by atoms with Gasteiger partial charge in [0.05, 0.1) is 18.3 Å². The number of rotatable bonds is 16. The van der Waals surface area contributed by atoms with Gasteiger partial charge in [-0.3, -0.25) is 0 Å². The molecule has 226 valence electrons. The van der Waals surface area contributed by atoms with Crippen molar-refractivity contribution in [2.75, 3.05) is 13.2 Å². The van der Waals surface area contributed by atoms with Gasteiger partial charge in [-0.2, -0.15) is 0 Å². The smallest absolute Gasteiger partial charge is 0.192 e. The van der Waals surface area contributed by atoms with Crippen molar-refractivity contribution < 1.29 is 23.4 Å². The molecule has 1 rings (SSSR count). The highest BCUT2D eigenvalue weighted by Gasteiger charge is 2.50. The summed E-state index contributed by atoms with van der Waals surface area (Å²) in [7, 11) is -3.98. The Labute approximate surface area is 238 Å². The summed E-state index contributed by atoms with van der Waals surface area (Å²) in [6.45, 7) is 30.2. The van der Waals surface area contributed by atoms with Crippen LogP contribution in [0.1, 0.15) is 101 Å². The van der Waals surface area contributed by atoms with Gasteiger partial charge in [0.15, 0.2) is 22.9 Å². The maximum absolute atomic E-state index is 10.1. The zero-order chi connectivity index (χ0) is 29.4. The Bertz CT molecular complexity index is 695. The van der Waals surface area contributed by atoms with Crippen molar-refractivity contribution in [2.45, 2.75) is 162 Å². The third-order valence-corrected chi connectivity index (χ3v) is 18.2. The molecule has 0 amide bonds. The van der Waals surface area contributed by atoms with E-state index in [1.54, 1.807) is 0 Å². The van der Waals surface area contributed by atoms with Gasteiger partial charge in [0, 0.05) is 19.1 Å². The van der Waals surface area contributed by atoms with E-state index in [0.717, 1.165) is 25.7 Å². The first-order valence-corrected chi connectivity index (χ1v) is 21.1. The molecule has 0 aromatic carbocycles. The monoisotopic (exact) mass is 572 g/mol. The van der Waals surface area contributed by atoms with E-state index < -0.39 is 16.6 Å². The molecule has 0 aromatic rings. The maximum atomic E-state index is 10.1. The summed E-state index contributed by atoms with van der Waals surface area (Å²) in [5.74, 6) is 0.409. The lowest BCUT2D eigenvalue weighted by atomic mass is 9.90. The average Bonchev–Trinajstić information content (AvgIpc) is 3.05. The molecule has 0 saturated heterocycles. The Kier molecular flexibility index (Phi) is 14.5. The normalized spacial score (nSPS) is 25.3. The average molecular weight is 573 g/mol. The van der Waals surface area contributed by atoms with Gasteiger partial charge < -0.3 is 23.4 Å². The van der Waals surface area contributed by atoms with Gasteiger partial charge in [-0.25, -0.2) is 0 Å². The van der Waals surface area contributed by atoms with Crippen molar-refractivity contribution in [1.82, 2.24) is 0 Å². The van der Waals surface area contributed by atoms with Gasteiger partial charge in [-0.15, -0.1) is 0 Å². The molecule has 0 aromatic heterocycles. The number of aliphatic hydroxyl groups excluding tert-OH is 1. The van der Waals surface area contributed by atoms with Gasteiger partial charge in [0.25, 0.3) is 0 Å². The van der Waals surface area contributed by atoms with Crippen LogP contribution in [-0.2, 0) is 18.3 Å². The Balaban J connectivity index is 3.37. The highest BCUT2D eigenvalue weighted by molar-refractivity contribution is 6.74. The van der Waals surface area contributed by atoms with Crippen LogP contribution in [0, 0.1) is 11.8 Å². The fourth-order valence-corrected chi connectivity index (χ4v) is 7.57. The molecule has 0 bridgehead atoms. The summed E-state index contributed by atoms with van der Waals surface area (Å²) in [6.07, 6.45) is 10.7. The standard InChI is InChI=1S/C31H64O5Si2/c1-14-16-17-18-25(34-24(3)33-15-2)19-20-26-27(21-22-32)29(36-38(12,13)31(7,8)9)23-28(26)35-37(10,11)30(4,5)6/h19-20,24-29,32H,14-18,21-23H2,1-13H3/b20-19+/t24?,25-,26-,27+,28-,29+/m1/s1. The minimum Gasteiger partial charge on any atom is -0.414 e. The molecule has 7 heteroatoms. The summed E-state index contributed by atoms with van der Waals surface area (Å²) in [6, 6.07) is 0. The minimum atomic E-state index is -2.00. The summed E-state index contributed by atoms with van der Waals surface area (Å²) in [5, 5.41) is 10.4. The Morgan fingerprint density at radius 1 is 0.895 bits per heavy atom. The van der Waals surface area contributed by atoms with Crippen molar-refractivity contribution in [3.05, 3.63) is 12.2 Å². The number of unbranched alkanes of at least 4 members (excludes halogenated alkanes) is 2. The molecular formula is C31H64O5Si2. The highest BCUT2D eigenvalue weighted by Crippen LogP contribution is 2.47. The Morgan fingerprint density at radius 2 is 1.45 bits per heavy atom. The first-order valence-electron chi connectivity index (χ1n) is 15.3. The number of ether oxygens (including phenoxy) is 2. The first kappa shape index (κ1) is 36.0. The Morgan fingerprint density at radius 3 is 1.92 bits per heavy atom. The van der Waals surface area contributed by atoms with Crippen LogP contribution in [0.15, 0.2) is 12.2 Å². The molecular weight excluding hydrogens is 509 g/mol. The largest absolute Gasteiger partial charge is 0.414 e. The summed E-state index contributed by atoms with van der Waals surface area (Å²) >= 11 is 0. The molecule has 1 aliphatic rings. The molecule has 1 fully saturated rings. The van der Waals surface area contributed by atoms with Crippen LogP contribution in [0.25, 0.3) is 0 Å². The molecule has 0 heterocycles. The zero-order valence-electron chi connectivity index (χ0n) is 27.4. The third-order valence-electron chi connectivity index (χ3n) is 9.24. The van der Waals surface area contributed by atoms with Crippen molar-refractivity contribution in [3.63, 3.8) is 0 Å². The van der Waals surface area contributed by atoms with Crippen LogP contribution in [0.3, 0.4) is 0 Å². The van der Waals surface area contributed by atoms with Crippen LogP contribution < -0.4 is 0 Å². The van der Waals surface area contributed by atoms with Crippen LogP contribution >= 0.6 is 0 Å². The topological polar surface area (TPSA) is 57.2 Å². The van der Waals surface area contributed by atoms with Crippen molar-refractivity contribution in [2.24, 2.45) is 11.8 Å². The second-order valence-corrected chi connectivity index (χ2v) is 23.9.